The van der Waals surface area contributed by atoms with Crippen molar-refractivity contribution in [3.8, 4) is 0 Å². The van der Waals surface area contributed by atoms with Crippen molar-refractivity contribution in [2.75, 3.05) is 7.11 Å². The first-order valence-electron chi connectivity index (χ1n) is 4.31. The molecular weight excluding hydrogens is 194 g/mol. The van der Waals surface area contributed by atoms with E-state index in [9.17, 15) is 4.79 Å². The zero-order valence-corrected chi connectivity index (χ0v) is 8.25. The maximum atomic E-state index is 10.8. The lowest BCUT2D eigenvalue weighted by Gasteiger charge is -1.97. The van der Waals surface area contributed by atoms with Gasteiger partial charge in [0, 0.05) is 11.6 Å². The number of hydrogen-bond donors (Lipinski definition) is 1. The minimum absolute atomic E-state index is 0.306. The average molecular weight is 205 g/mol. The van der Waals surface area contributed by atoms with Crippen molar-refractivity contribution < 1.29 is 14.7 Å². The maximum Gasteiger partial charge on any atom is 0.330 e. The molecule has 0 atom stereocenters. The largest absolute Gasteiger partial charge is 0.466 e. The number of rotatable bonds is 3. The van der Waals surface area contributed by atoms with Gasteiger partial charge in [-0.25, -0.2) is 4.79 Å². The first-order chi connectivity index (χ1) is 7.27. The van der Waals surface area contributed by atoms with Gasteiger partial charge < -0.3 is 9.94 Å². The summed E-state index contributed by atoms with van der Waals surface area (Å²) in [5, 5.41) is 11.8. The highest BCUT2D eigenvalue weighted by atomic mass is 16.5. The number of benzene rings is 1. The van der Waals surface area contributed by atoms with E-state index >= 15 is 0 Å². The van der Waals surface area contributed by atoms with Crippen LogP contribution in [-0.4, -0.2) is 24.0 Å². The van der Waals surface area contributed by atoms with Crippen LogP contribution in [0.15, 0.2) is 47.6 Å². The van der Waals surface area contributed by atoms with Crippen LogP contribution >= 0.6 is 0 Å². The molecule has 0 radical (unpaired) electrons. The molecule has 0 fully saturated rings. The molecule has 4 nitrogen and oxygen atoms in total. The molecule has 1 rings (SSSR count). The van der Waals surface area contributed by atoms with Crippen LogP contribution in [0.4, 0.5) is 0 Å². The predicted octanol–water partition coefficient (Wildman–Crippen LogP) is 1.59. The molecule has 0 unspecified atom stereocenters. The van der Waals surface area contributed by atoms with E-state index in [0.29, 0.717) is 5.71 Å². The van der Waals surface area contributed by atoms with Gasteiger partial charge >= 0.3 is 5.97 Å². The molecule has 0 spiro atoms. The Morgan fingerprint density at radius 1 is 1.33 bits per heavy atom. The maximum absolute atomic E-state index is 10.8. The fraction of sp³-hybridized carbons (Fsp3) is 0.0909. The molecule has 0 saturated heterocycles. The van der Waals surface area contributed by atoms with E-state index < -0.39 is 5.97 Å². The number of carbonyl (C=O) groups is 1. The van der Waals surface area contributed by atoms with Crippen molar-refractivity contribution in [1.82, 2.24) is 0 Å². The fourth-order valence-corrected chi connectivity index (χ4v) is 1.01. The Morgan fingerprint density at radius 2 is 2.00 bits per heavy atom. The van der Waals surface area contributed by atoms with E-state index in [-0.39, 0.29) is 0 Å². The molecule has 0 heterocycles. The van der Waals surface area contributed by atoms with Gasteiger partial charge in [-0.05, 0) is 6.08 Å². The Bertz CT molecular complexity index is 382. The molecular formula is C11H11NO3. The van der Waals surface area contributed by atoms with Crippen LogP contribution in [-0.2, 0) is 9.53 Å². The first-order valence-corrected chi connectivity index (χ1v) is 4.31. The van der Waals surface area contributed by atoms with Crippen molar-refractivity contribution in [2.45, 2.75) is 0 Å². The van der Waals surface area contributed by atoms with Crippen molar-refractivity contribution in [1.29, 1.82) is 0 Å². The van der Waals surface area contributed by atoms with Gasteiger partial charge in [0.15, 0.2) is 0 Å². The Kier molecular flexibility index (Phi) is 4.09. The molecule has 78 valence electrons. The Labute approximate surface area is 87.5 Å². The molecule has 0 bridgehead atoms. The minimum atomic E-state index is -0.493. The zero-order chi connectivity index (χ0) is 11.1. The van der Waals surface area contributed by atoms with Gasteiger partial charge in [0.25, 0.3) is 0 Å². The molecule has 0 aliphatic carbocycles. The SMILES string of the molecule is COC(=O)/C=C/C(=N\O)c1ccccc1. The van der Waals surface area contributed by atoms with Crippen LogP contribution < -0.4 is 0 Å². The summed E-state index contributed by atoms with van der Waals surface area (Å²) in [5.41, 5.74) is 1.03. The lowest BCUT2D eigenvalue weighted by Crippen LogP contribution is -2.00. The molecule has 0 saturated carbocycles. The van der Waals surface area contributed by atoms with E-state index in [0.717, 1.165) is 5.56 Å². The number of methoxy groups -OCH3 is 1. The summed E-state index contributed by atoms with van der Waals surface area (Å²) in [6.45, 7) is 0. The topological polar surface area (TPSA) is 58.9 Å². The number of allylic oxidation sites excluding steroid dienone is 1. The summed E-state index contributed by atoms with van der Waals surface area (Å²) in [7, 11) is 1.28. The summed E-state index contributed by atoms with van der Waals surface area (Å²) < 4.78 is 4.42. The van der Waals surface area contributed by atoms with E-state index in [1.165, 1.54) is 19.3 Å². The third-order valence-corrected chi connectivity index (χ3v) is 1.76. The highest BCUT2D eigenvalue weighted by molar-refractivity contribution is 6.10. The van der Waals surface area contributed by atoms with Crippen LogP contribution in [0.25, 0.3) is 0 Å². The fourth-order valence-electron chi connectivity index (χ4n) is 1.01. The third-order valence-electron chi connectivity index (χ3n) is 1.76. The number of hydrogen-bond acceptors (Lipinski definition) is 4. The van der Waals surface area contributed by atoms with E-state index in [1.807, 2.05) is 18.2 Å². The second-order valence-electron chi connectivity index (χ2n) is 2.71. The molecule has 1 N–H and O–H groups in total. The van der Waals surface area contributed by atoms with Crippen molar-refractivity contribution in [3.05, 3.63) is 48.0 Å². The summed E-state index contributed by atoms with van der Waals surface area (Å²) in [6.07, 6.45) is 2.59. The van der Waals surface area contributed by atoms with E-state index in [1.54, 1.807) is 12.1 Å². The summed E-state index contributed by atoms with van der Waals surface area (Å²) >= 11 is 0. The second kappa shape index (κ2) is 5.59. The Balaban J connectivity index is 2.84. The molecule has 1 aromatic carbocycles. The lowest BCUT2D eigenvalue weighted by atomic mass is 10.1. The molecule has 0 aliphatic heterocycles. The lowest BCUT2D eigenvalue weighted by molar-refractivity contribution is -0.134. The molecule has 0 aromatic heterocycles. The van der Waals surface area contributed by atoms with Gasteiger partial charge in [0.2, 0.25) is 0 Å². The molecule has 1 aromatic rings. The normalized spacial score (nSPS) is 11.7. The highest BCUT2D eigenvalue weighted by Crippen LogP contribution is 2.02. The van der Waals surface area contributed by atoms with Crippen molar-refractivity contribution in [3.63, 3.8) is 0 Å². The minimum Gasteiger partial charge on any atom is -0.466 e. The van der Waals surface area contributed by atoms with Gasteiger partial charge in [-0.2, -0.15) is 0 Å². The predicted molar refractivity (Wildman–Crippen MR) is 55.9 cm³/mol. The van der Waals surface area contributed by atoms with Crippen molar-refractivity contribution in [2.24, 2.45) is 5.16 Å². The average Bonchev–Trinajstić information content (AvgIpc) is 2.31. The van der Waals surface area contributed by atoms with Crippen molar-refractivity contribution >= 4 is 11.7 Å². The monoisotopic (exact) mass is 205 g/mol. The quantitative estimate of drug-likeness (QED) is 0.268. The van der Waals surface area contributed by atoms with Gasteiger partial charge in [0.1, 0.15) is 5.71 Å². The summed E-state index contributed by atoms with van der Waals surface area (Å²) in [5.74, 6) is -0.493. The third kappa shape index (κ3) is 3.27. The van der Waals surface area contributed by atoms with Crippen LogP contribution in [0, 0.1) is 0 Å². The second-order valence-corrected chi connectivity index (χ2v) is 2.71. The van der Waals surface area contributed by atoms with E-state index in [4.69, 9.17) is 5.21 Å². The Morgan fingerprint density at radius 3 is 2.53 bits per heavy atom. The number of ether oxygens (including phenoxy) is 1. The van der Waals surface area contributed by atoms with Crippen LogP contribution in [0.2, 0.25) is 0 Å². The summed E-state index contributed by atoms with van der Waals surface area (Å²) in [6, 6.07) is 9.02. The van der Waals surface area contributed by atoms with E-state index in [2.05, 4.69) is 9.89 Å². The Hall–Kier alpha value is -2.10. The zero-order valence-electron chi connectivity index (χ0n) is 8.25. The smallest absolute Gasteiger partial charge is 0.330 e. The van der Waals surface area contributed by atoms with Crippen LogP contribution in [0.5, 0.6) is 0 Å². The molecule has 4 heteroatoms. The highest BCUT2D eigenvalue weighted by Gasteiger charge is 2.00. The first kappa shape index (κ1) is 11.0. The molecule has 0 amide bonds. The standard InChI is InChI=1S/C11H11NO3/c1-15-11(13)8-7-10(12-14)9-5-3-2-4-6-9/h2-8,14H,1H3/b8-7+,12-10+. The number of carbonyl (C=O) groups excluding carboxylic acids is 1. The van der Waals surface area contributed by atoms with Crippen LogP contribution in [0.3, 0.4) is 0 Å². The van der Waals surface area contributed by atoms with Crippen LogP contribution in [0.1, 0.15) is 5.56 Å². The number of esters is 1. The van der Waals surface area contributed by atoms with Gasteiger partial charge in [-0.15, -0.1) is 0 Å². The summed E-state index contributed by atoms with van der Waals surface area (Å²) in [4.78, 5) is 10.8. The molecule has 0 aliphatic rings. The number of nitrogens with zero attached hydrogens (tertiary/aromatic N) is 1. The number of oxime groups is 1. The van der Waals surface area contributed by atoms with Gasteiger partial charge in [0.05, 0.1) is 7.11 Å². The van der Waals surface area contributed by atoms with Gasteiger partial charge in [-0.3, -0.25) is 0 Å². The molecule has 15 heavy (non-hydrogen) atoms. The van der Waals surface area contributed by atoms with Gasteiger partial charge in [-0.1, -0.05) is 35.5 Å².